The molecule has 0 bridgehead atoms. The number of rotatable bonds is 6. The molecule has 6 rings (SSSR count). The number of β-amino-alcohol motifs (C(OH)–C–C–N with tert-alkyl or cyclic N) is 1. The number of nitrogens with zero attached hydrogens (tertiary/aromatic N) is 5. The first-order valence-corrected chi connectivity index (χ1v) is 12.2. The minimum atomic E-state index is -0.218. The van der Waals surface area contributed by atoms with Crippen molar-refractivity contribution in [2.75, 3.05) is 44.8 Å². The van der Waals surface area contributed by atoms with Crippen LogP contribution in [0.25, 0.3) is 21.8 Å². The molecule has 0 saturated carbocycles. The van der Waals surface area contributed by atoms with Crippen molar-refractivity contribution in [3.63, 3.8) is 0 Å². The van der Waals surface area contributed by atoms with E-state index in [1.54, 1.807) is 0 Å². The molecule has 1 fully saturated rings. The van der Waals surface area contributed by atoms with Crippen LogP contribution < -0.4 is 19.5 Å². The monoisotopic (exact) mass is 488 g/mol. The van der Waals surface area contributed by atoms with E-state index in [1.807, 2.05) is 44.2 Å². The molecule has 4 aromatic rings. The van der Waals surface area contributed by atoms with Crippen molar-refractivity contribution in [1.29, 1.82) is 0 Å². The first-order chi connectivity index (χ1) is 17.5. The molecule has 0 amide bonds. The summed E-state index contributed by atoms with van der Waals surface area (Å²) in [7, 11) is 0. The molecule has 0 radical (unpaired) electrons. The molecule has 4 heterocycles. The number of ether oxygens (including phenoxy) is 3. The third-order valence-corrected chi connectivity index (χ3v) is 6.57. The van der Waals surface area contributed by atoms with Crippen molar-refractivity contribution < 1.29 is 19.3 Å². The van der Waals surface area contributed by atoms with Crippen LogP contribution in [-0.2, 0) is 0 Å². The summed E-state index contributed by atoms with van der Waals surface area (Å²) in [5.41, 5.74) is 3.14. The lowest BCUT2D eigenvalue weighted by atomic mass is 10.1. The lowest BCUT2D eigenvalue weighted by Gasteiger charge is -2.20. The van der Waals surface area contributed by atoms with Gasteiger partial charge in [0.05, 0.1) is 23.0 Å². The van der Waals surface area contributed by atoms with E-state index >= 15 is 0 Å². The zero-order valence-electron chi connectivity index (χ0n) is 20.3. The molecule has 10 heteroatoms. The Labute approximate surface area is 208 Å². The maximum atomic E-state index is 9.67. The average Bonchev–Trinajstić information content (AvgIpc) is 3.29. The van der Waals surface area contributed by atoms with Gasteiger partial charge in [0.15, 0.2) is 11.5 Å². The minimum absolute atomic E-state index is 0.218. The van der Waals surface area contributed by atoms with Gasteiger partial charge in [-0.05, 0) is 50.6 Å². The van der Waals surface area contributed by atoms with Gasteiger partial charge in [-0.1, -0.05) is 0 Å². The normalized spacial score (nSPS) is 17.6. The van der Waals surface area contributed by atoms with Gasteiger partial charge in [0.2, 0.25) is 11.9 Å². The lowest BCUT2D eigenvalue weighted by molar-refractivity contribution is 0.167. The summed E-state index contributed by atoms with van der Waals surface area (Å²) in [6.45, 7) is 7.87. The van der Waals surface area contributed by atoms with E-state index in [4.69, 9.17) is 19.2 Å². The summed E-state index contributed by atoms with van der Waals surface area (Å²) in [5, 5.41) is 14.7. The van der Waals surface area contributed by atoms with Gasteiger partial charge in [-0.15, -0.1) is 0 Å². The summed E-state index contributed by atoms with van der Waals surface area (Å²) in [5.74, 6) is 2.91. The van der Waals surface area contributed by atoms with Gasteiger partial charge in [0, 0.05) is 30.4 Å². The molecule has 1 atom stereocenters. The SMILES string of the molecule is Cc1nc(Nc2nc(C)c3ccc4c(c3n2)OCCO4)nc2ccc(OCCN3CCC(O)C3)cc12. The molecule has 2 aromatic heterocycles. The smallest absolute Gasteiger partial charge is 0.230 e. The largest absolute Gasteiger partial charge is 0.492 e. The second kappa shape index (κ2) is 9.36. The number of anilines is 2. The number of aryl methyl sites for hydroxylation is 2. The molecule has 0 spiro atoms. The summed E-state index contributed by atoms with van der Waals surface area (Å²) in [6, 6.07) is 9.65. The zero-order valence-corrected chi connectivity index (χ0v) is 20.3. The molecule has 10 nitrogen and oxygen atoms in total. The van der Waals surface area contributed by atoms with E-state index < -0.39 is 0 Å². The molecule has 1 saturated heterocycles. The van der Waals surface area contributed by atoms with Crippen molar-refractivity contribution >= 4 is 33.7 Å². The molecule has 1 unspecified atom stereocenters. The molecule has 36 heavy (non-hydrogen) atoms. The number of hydrogen-bond acceptors (Lipinski definition) is 10. The van der Waals surface area contributed by atoms with Crippen LogP contribution in [0, 0.1) is 13.8 Å². The number of hydrogen-bond donors (Lipinski definition) is 2. The number of benzene rings is 2. The van der Waals surface area contributed by atoms with Crippen LogP contribution in [0.4, 0.5) is 11.9 Å². The Morgan fingerprint density at radius 2 is 1.81 bits per heavy atom. The van der Waals surface area contributed by atoms with Crippen LogP contribution in [-0.4, -0.2) is 75.5 Å². The molecule has 2 aromatic carbocycles. The molecule has 186 valence electrons. The Morgan fingerprint density at radius 1 is 1.00 bits per heavy atom. The molecular weight excluding hydrogens is 460 g/mol. The molecule has 2 aliphatic rings. The van der Waals surface area contributed by atoms with Gasteiger partial charge in [-0.3, -0.25) is 10.2 Å². The van der Waals surface area contributed by atoms with E-state index in [0.717, 1.165) is 52.9 Å². The van der Waals surface area contributed by atoms with E-state index in [9.17, 15) is 5.11 Å². The van der Waals surface area contributed by atoms with Gasteiger partial charge in [0.25, 0.3) is 0 Å². The van der Waals surface area contributed by atoms with Gasteiger partial charge in [-0.2, -0.15) is 0 Å². The third kappa shape index (κ3) is 4.45. The number of fused-ring (bicyclic) bond motifs is 4. The van der Waals surface area contributed by atoms with Gasteiger partial charge in [0.1, 0.15) is 31.1 Å². The Hall–Kier alpha value is -3.76. The number of aliphatic hydroxyl groups is 1. The second-order valence-electron chi connectivity index (χ2n) is 9.15. The fourth-order valence-corrected chi connectivity index (χ4v) is 4.72. The van der Waals surface area contributed by atoms with Crippen LogP contribution in [0.5, 0.6) is 17.2 Å². The minimum Gasteiger partial charge on any atom is -0.492 e. The van der Waals surface area contributed by atoms with Crippen molar-refractivity contribution in [1.82, 2.24) is 24.8 Å². The lowest BCUT2D eigenvalue weighted by Crippen LogP contribution is -2.27. The van der Waals surface area contributed by atoms with Gasteiger partial charge >= 0.3 is 0 Å². The third-order valence-electron chi connectivity index (χ3n) is 6.57. The first kappa shape index (κ1) is 22.7. The highest BCUT2D eigenvalue weighted by Gasteiger charge is 2.20. The second-order valence-corrected chi connectivity index (χ2v) is 9.15. The summed E-state index contributed by atoms with van der Waals surface area (Å²) >= 11 is 0. The van der Waals surface area contributed by atoms with Crippen molar-refractivity contribution in [2.24, 2.45) is 0 Å². The van der Waals surface area contributed by atoms with Crippen molar-refractivity contribution in [3.05, 3.63) is 41.7 Å². The number of likely N-dealkylation sites (tertiary alicyclic amines) is 1. The van der Waals surface area contributed by atoms with Crippen LogP contribution in [0.1, 0.15) is 17.8 Å². The Balaban J connectivity index is 1.22. The Kier molecular flexibility index (Phi) is 5.90. The summed E-state index contributed by atoms with van der Waals surface area (Å²) in [6.07, 6.45) is 0.613. The highest BCUT2D eigenvalue weighted by Crippen LogP contribution is 2.37. The quantitative estimate of drug-likeness (QED) is 0.419. The van der Waals surface area contributed by atoms with Crippen LogP contribution in [0.15, 0.2) is 30.3 Å². The molecule has 0 aliphatic carbocycles. The fraction of sp³-hybridized carbons (Fsp3) is 0.385. The summed E-state index contributed by atoms with van der Waals surface area (Å²) < 4.78 is 17.5. The maximum Gasteiger partial charge on any atom is 0.230 e. The number of aromatic nitrogens is 4. The highest BCUT2D eigenvalue weighted by molar-refractivity contribution is 5.90. The highest BCUT2D eigenvalue weighted by atomic mass is 16.6. The Bertz CT molecular complexity index is 1450. The van der Waals surface area contributed by atoms with Crippen molar-refractivity contribution in [2.45, 2.75) is 26.4 Å². The fourth-order valence-electron chi connectivity index (χ4n) is 4.72. The van der Waals surface area contributed by atoms with E-state index in [2.05, 4.69) is 25.2 Å². The van der Waals surface area contributed by atoms with E-state index in [1.165, 1.54) is 0 Å². The number of aliphatic hydroxyl groups excluding tert-OH is 1. The first-order valence-electron chi connectivity index (χ1n) is 12.2. The topological polar surface area (TPSA) is 115 Å². The molecule has 2 aliphatic heterocycles. The predicted octanol–water partition coefficient (Wildman–Crippen LogP) is 3.15. The van der Waals surface area contributed by atoms with Gasteiger partial charge in [-0.25, -0.2) is 19.9 Å². The van der Waals surface area contributed by atoms with Crippen LogP contribution >= 0.6 is 0 Å². The maximum absolute atomic E-state index is 9.67. The molecule has 2 N–H and O–H groups in total. The van der Waals surface area contributed by atoms with Crippen LogP contribution in [0.2, 0.25) is 0 Å². The van der Waals surface area contributed by atoms with E-state index in [0.29, 0.717) is 55.3 Å². The van der Waals surface area contributed by atoms with Crippen LogP contribution in [0.3, 0.4) is 0 Å². The molecular formula is C26H28N6O4. The average molecular weight is 489 g/mol. The standard InChI is InChI=1S/C26H28N6O4/c1-15-19-4-6-22-24(36-12-11-35-22)23(19)30-26(27-15)31-25-28-16(2)20-13-18(3-5-21(20)29-25)34-10-9-32-8-7-17(33)14-32/h3-6,13,17,33H,7-12,14H2,1-2H3,(H,27,28,29,30,31). The number of nitrogens with one attached hydrogen (secondary N) is 1. The predicted molar refractivity (Wildman–Crippen MR) is 135 cm³/mol. The van der Waals surface area contributed by atoms with E-state index in [-0.39, 0.29) is 6.10 Å². The Morgan fingerprint density at radius 3 is 2.64 bits per heavy atom. The van der Waals surface area contributed by atoms with Gasteiger partial charge < -0.3 is 19.3 Å². The summed E-state index contributed by atoms with van der Waals surface area (Å²) in [4.78, 5) is 20.8. The zero-order chi connectivity index (χ0) is 24.6. The van der Waals surface area contributed by atoms with Crippen molar-refractivity contribution in [3.8, 4) is 17.2 Å².